The summed E-state index contributed by atoms with van der Waals surface area (Å²) in [5, 5.41) is 12.9. The van der Waals surface area contributed by atoms with E-state index in [2.05, 4.69) is 31.2 Å². The van der Waals surface area contributed by atoms with Crippen LogP contribution in [0.1, 0.15) is 30.7 Å². The first kappa shape index (κ1) is 16.6. The minimum Gasteiger partial charge on any atom is -0.508 e. The van der Waals surface area contributed by atoms with Gasteiger partial charge in [0, 0.05) is 12.6 Å². The molecule has 0 amide bonds. The number of furan rings is 1. The Kier molecular flexibility index (Phi) is 6.04. The SMILES string of the molecule is CC(CCc1ccc(O)cc1)NCC(c1ccco1)N(C)C. The van der Waals surface area contributed by atoms with Crippen molar-refractivity contribution in [2.24, 2.45) is 0 Å². The molecule has 0 spiro atoms. The van der Waals surface area contributed by atoms with Gasteiger partial charge in [0.1, 0.15) is 11.5 Å². The second-order valence-corrected chi connectivity index (χ2v) is 6.01. The molecule has 1 aromatic heterocycles. The van der Waals surface area contributed by atoms with E-state index in [-0.39, 0.29) is 6.04 Å². The lowest BCUT2D eigenvalue weighted by Crippen LogP contribution is -2.35. The predicted octanol–water partition coefficient (Wildman–Crippen LogP) is 3.20. The summed E-state index contributed by atoms with van der Waals surface area (Å²) in [6.07, 6.45) is 3.78. The number of hydrogen-bond acceptors (Lipinski definition) is 4. The molecule has 0 saturated heterocycles. The Bertz CT molecular complexity index is 535. The van der Waals surface area contributed by atoms with E-state index in [1.165, 1.54) is 5.56 Å². The average Bonchev–Trinajstić information content (AvgIpc) is 3.00. The maximum Gasteiger partial charge on any atom is 0.122 e. The van der Waals surface area contributed by atoms with E-state index in [1.807, 2.05) is 24.3 Å². The van der Waals surface area contributed by atoms with Crippen LogP contribution in [0.3, 0.4) is 0 Å². The normalized spacial score (nSPS) is 14.2. The monoisotopic (exact) mass is 302 g/mol. The Morgan fingerprint density at radius 3 is 2.50 bits per heavy atom. The van der Waals surface area contributed by atoms with Crippen molar-refractivity contribution >= 4 is 0 Å². The van der Waals surface area contributed by atoms with Crippen molar-refractivity contribution in [3.8, 4) is 5.75 Å². The minimum absolute atomic E-state index is 0.242. The van der Waals surface area contributed by atoms with E-state index in [9.17, 15) is 5.11 Å². The Morgan fingerprint density at radius 2 is 1.91 bits per heavy atom. The van der Waals surface area contributed by atoms with E-state index in [0.29, 0.717) is 11.8 Å². The lowest BCUT2D eigenvalue weighted by Gasteiger charge is -2.24. The van der Waals surface area contributed by atoms with Crippen molar-refractivity contribution in [1.29, 1.82) is 0 Å². The van der Waals surface area contributed by atoms with Gasteiger partial charge in [-0.05, 0) is 63.7 Å². The third-order valence-electron chi connectivity index (χ3n) is 3.96. The number of rotatable bonds is 8. The van der Waals surface area contributed by atoms with Gasteiger partial charge in [0.05, 0.1) is 12.3 Å². The van der Waals surface area contributed by atoms with Gasteiger partial charge in [-0.3, -0.25) is 4.90 Å². The van der Waals surface area contributed by atoms with Crippen molar-refractivity contribution in [3.05, 3.63) is 54.0 Å². The van der Waals surface area contributed by atoms with E-state index in [4.69, 9.17) is 4.42 Å². The summed E-state index contributed by atoms with van der Waals surface area (Å²) >= 11 is 0. The van der Waals surface area contributed by atoms with Gasteiger partial charge in [0.15, 0.2) is 0 Å². The molecule has 0 aliphatic carbocycles. The number of phenols is 1. The number of benzene rings is 1. The Balaban J connectivity index is 1.78. The number of nitrogens with one attached hydrogen (secondary N) is 1. The zero-order valence-electron chi connectivity index (χ0n) is 13.6. The molecule has 0 radical (unpaired) electrons. The summed E-state index contributed by atoms with van der Waals surface area (Å²) in [6.45, 7) is 3.06. The zero-order chi connectivity index (χ0) is 15.9. The first-order chi connectivity index (χ1) is 10.6. The molecule has 0 fully saturated rings. The van der Waals surface area contributed by atoms with E-state index in [0.717, 1.165) is 25.1 Å². The quantitative estimate of drug-likeness (QED) is 0.786. The Labute approximate surface area is 132 Å². The summed E-state index contributed by atoms with van der Waals surface area (Å²) in [5.74, 6) is 1.31. The number of phenolic OH excluding ortho intramolecular Hbond substituents is 1. The van der Waals surface area contributed by atoms with Crippen molar-refractivity contribution in [2.75, 3.05) is 20.6 Å². The Hall–Kier alpha value is -1.78. The van der Waals surface area contributed by atoms with Gasteiger partial charge in [-0.2, -0.15) is 0 Å². The van der Waals surface area contributed by atoms with Crippen molar-refractivity contribution < 1.29 is 9.52 Å². The topological polar surface area (TPSA) is 48.6 Å². The molecular formula is C18H26N2O2. The number of aryl methyl sites for hydroxylation is 1. The number of aromatic hydroxyl groups is 1. The van der Waals surface area contributed by atoms with Gasteiger partial charge in [-0.25, -0.2) is 0 Å². The molecule has 4 heteroatoms. The minimum atomic E-state index is 0.242. The van der Waals surface area contributed by atoms with Crippen LogP contribution in [0.4, 0.5) is 0 Å². The van der Waals surface area contributed by atoms with Gasteiger partial charge in [-0.15, -0.1) is 0 Å². The van der Waals surface area contributed by atoms with Gasteiger partial charge in [0.25, 0.3) is 0 Å². The fourth-order valence-corrected chi connectivity index (χ4v) is 2.48. The lowest BCUT2D eigenvalue weighted by molar-refractivity contribution is 0.244. The molecule has 1 heterocycles. The van der Waals surface area contributed by atoms with Crippen LogP contribution >= 0.6 is 0 Å². The summed E-state index contributed by atoms with van der Waals surface area (Å²) in [5.41, 5.74) is 1.25. The van der Waals surface area contributed by atoms with Crippen LogP contribution in [0.2, 0.25) is 0 Å². The van der Waals surface area contributed by atoms with Crippen LogP contribution in [-0.4, -0.2) is 36.7 Å². The molecular weight excluding hydrogens is 276 g/mol. The largest absolute Gasteiger partial charge is 0.508 e. The summed E-state index contributed by atoms with van der Waals surface area (Å²) in [6, 6.07) is 12.1. The standard InChI is InChI=1S/C18H26N2O2/c1-14(6-7-15-8-10-16(21)11-9-15)19-13-17(20(2)3)18-5-4-12-22-18/h4-5,8-12,14,17,19,21H,6-7,13H2,1-3H3. The molecule has 120 valence electrons. The fraction of sp³-hybridized carbons (Fsp3) is 0.444. The highest BCUT2D eigenvalue weighted by molar-refractivity contribution is 5.25. The zero-order valence-corrected chi connectivity index (χ0v) is 13.6. The third kappa shape index (κ3) is 4.90. The molecule has 0 aliphatic heterocycles. The molecule has 22 heavy (non-hydrogen) atoms. The second kappa shape index (κ2) is 8.01. The highest BCUT2D eigenvalue weighted by Gasteiger charge is 2.17. The molecule has 2 aromatic rings. The maximum atomic E-state index is 9.30. The first-order valence-electron chi connectivity index (χ1n) is 7.77. The number of likely N-dealkylation sites (N-methyl/N-ethyl adjacent to an activating group) is 1. The van der Waals surface area contributed by atoms with Crippen LogP contribution in [-0.2, 0) is 6.42 Å². The summed E-state index contributed by atoms with van der Waals surface area (Å²) in [7, 11) is 4.13. The molecule has 0 saturated carbocycles. The van der Waals surface area contributed by atoms with Crippen LogP contribution in [0.5, 0.6) is 5.75 Å². The van der Waals surface area contributed by atoms with E-state index in [1.54, 1.807) is 18.4 Å². The molecule has 1 aromatic carbocycles. The molecule has 0 bridgehead atoms. The fourth-order valence-electron chi connectivity index (χ4n) is 2.48. The third-order valence-corrected chi connectivity index (χ3v) is 3.96. The van der Waals surface area contributed by atoms with Crippen LogP contribution in [0.15, 0.2) is 47.1 Å². The van der Waals surface area contributed by atoms with E-state index < -0.39 is 0 Å². The van der Waals surface area contributed by atoms with Gasteiger partial charge in [0.2, 0.25) is 0 Å². The Morgan fingerprint density at radius 1 is 1.18 bits per heavy atom. The average molecular weight is 302 g/mol. The molecule has 2 N–H and O–H groups in total. The number of hydrogen-bond donors (Lipinski definition) is 2. The predicted molar refractivity (Wildman–Crippen MR) is 89.0 cm³/mol. The van der Waals surface area contributed by atoms with Gasteiger partial charge < -0.3 is 14.8 Å². The van der Waals surface area contributed by atoms with Crippen LogP contribution in [0, 0.1) is 0 Å². The highest BCUT2D eigenvalue weighted by atomic mass is 16.3. The lowest BCUT2D eigenvalue weighted by atomic mass is 10.1. The van der Waals surface area contributed by atoms with Crippen LogP contribution < -0.4 is 5.32 Å². The smallest absolute Gasteiger partial charge is 0.122 e. The van der Waals surface area contributed by atoms with Crippen molar-refractivity contribution in [2.45, 2.75) is 31.8 Å². The van der Waals surface area contributed by atoms with Crippen molar-refractivity contribution in [3.63, 3.8) is 0 Å². The number of nitrogens with zero attached hydrogens (tertiary/aromatic N) is 1. The van der Waals surface area contributed by atoms with Crippen LogP contribution in [0.25, 0.3) is 0 Å². The van der Waals surface area contributed by atoms with Gasteiger partial charge >= 0.3 is 0 Å². The first-order valence-corrected chi connectivity index (χ1v) is 7.77. The highest BCUT2D eigenvalue weighted by Crippen LogP contribution is 2.18. The van der Waals surface area contributed by atoms with Crippen molar-refractivity contribution in [1.82, 2.24) is 10.2 Å². The molecule has 2 atom stereocenters. The molecule has 2 rings (SSSR count). The summed E-state index contributed by atoms with van der Waals surface area (Å²) in [4.78, 5) is 2.17. The van der Waals surface area contributed by atoms with Gasteiger partial charge in [-0.1, -0.05) is 12.1 Å². The molecule has 0 aliphatic rings. The maximum absolute atomic E-state index is 9.30. The summed E-state index contributed by atoms with van der Waals surface area (Å²) < 4.78 is 5.52. The second-order valence-electron chi connectivity index (χ2n) is 6.01. The molecule has 4 nitrogen and oxygen atoms in total. The van der Waals surface area contributed by atoms with E-state index >= 15 is 0 Å². The molecule has 2 unspecified atom stereocenters.